The number of ketones is 2. The fraction of sp³-hybridized carbons (Fsp3) is 0.0606. The molecule has 1 aliphatic rings. The molecule has 0 radical (unpaired) electrons. The molecule has 1 aliphatic carbocycles. The van der Waals surface area contributed by atoms with Crippen molar-refractivity contribution in [1.82, 2.24) is 4.98 Å². The van der Waals surface area contributed by atoms with E-state index in [0.717, 1.165) is 16.3 Å². The Morgan fingerprint density at radius 1 is 0.707 bits per heavy atom. The van der Waals surface area contributed by atoms with E-state index < -0.39 is 15.6 Å². The number of fused-ring (bicyclic) bond motifs is 2. The van der Waals surface area contributed by atoms with Gasteiger partial charge in [-0.1, -0.05) is 78.3 Å². The number of benzene rings is 4. The molecule has 4 aromatic carbocycles. The molecule has 0 atom stereocenters. The molecule has 0 saturated carbocycles. The minimum absolute atomic E-state index is 0.0487. The third-order valence-corrected chi connectivity index (χ3v) is 9.05. The van der Waals surface area contributed by atoms with Gasteiger partial charge in [-0.2, -0.15) is 0 Å². The van der Waals surface area contributed by atoms with Crippen LogP contribution in [0.3, 0.4) is 0 Å². The van der Waals surface area contributed by atoms with E-state index in [1.807, 2.05) is 42.5 Å². The normalized spacial score (nSPS) is 13.4. The van der Waals surface area contributed by atoms with Crippen molar-refractivity contribution in [2.75, 3.05) is 4.90 Å². The second-order valence-electron chi connectivity index (χ2n) is 9.71. The van der Waals surface area contributed by atoms with Gasteiger partial charge in [0, 0.05) is 29.6 Å². The third-order valence-electron chi connectivity index (χ3n) is 7.03. The summed E-state index contributed by atoms with van der Waals surface area (Å²) in [5.74, 6) is -1.05. The Labute approximate surface area is 242 Å². The lowest BCUT2D eigenvalue weighted by Gasteiger charge is -2.30. The monoisotopic (exact) mass is 578 g/mol. The number of rotatable bonds is 7. The van der Waals surface area contributed by atoms with Gasteiger partial charge in [0.2, 0.25) is 11.6 Å². The van der Waals surface area contributed by atoms with Crippen molar-refractivity contribution in [2.24, 2.45) is 0 Å². The van der Waals surface area contributed by atoms with Gasteiger partial charge in [-0.15, -0.1) is 0 Å². The Bertz CT molecular complexity index is 1950. The zero-order valence-electron chi connectivity index (χ0n) is 21.7. The van der Waals surface area contributed by atoms with Gasteiger partial charge in [0.15, 0.2) is 9.84 Å². The summed E-state index contributed by atoms with van der Waals surface area (Å²) in [5.41, 5.74) is 2.42. The number of pyridine rings is 1. The van der Waals surface area contributed by atoms with Gasteiger partial charge in [0.1, 0.15) is 10.7 Å². The highest BCUT2D eigenvalue weighted by Gasteiger charge is 2.35. The molecule has 0 amide bonds. The summed E-state index contributed by atoms with van der Waals surface area (Å²) in [4.78, 5) is 32.9. The Hall–Kier alpha value is -4.59. The number of allylic oxidation sites excluding steroid dienone is 2. The number of halogens is 1. The van der Waals surface area contributed by atoms with Crippen LogP contribution >= 0.6 is 11.6 Å². The summed E-state index contributed by atoms with van der Waals surface area (Å²) in [5, 5.41) is 1.92. The van der Waals surface area contributed by atoms with E-state index in [0.29, 0.717) is 11.4 Å². The lowest BCUT2D eigenvalue weighted by molar-refractivity contribution is 0.0978. The topological polar surface area (TPSA) is 84.4 Å². The summed E-state index contributed by atoms with van der Waals surface area (Å²) in [6, 6.07) is 31.9. The molecule has 8 heteroatoms. The zero-order valence-corrected chi connectivity index (χ0v) is 23.3. The van der Waals surface area contributed by atoms with Gasteiger partial charge in [-0.25, -0.2) is 8.42 Å². The molecule has 1 heterocycles. The van der Waals surface area contributed by atoms with E-state index in [-0.39, 0.29) is 44.8 Å². The summed E-state index contributed by atoms with van der Waals surface area (Å²) in [6.07, 6.45) is 1.55. The molecule has 0 fully saturated rings. The number of aromatic nitrogens is 1. The maximum Gasteiger partial charge on any atom is 0.211 e. The first kappa shape index (κ1) is 26.6. The van der Waals surface area contributed by atoms with E-state index >= 15 is 0 Å². The van der Waals surface area contributed by atoms with Crippen molar-refractivity contribution in [2.45, 2.75) is 17.2 Å². The molecule has 0 saturated heterocycles. The molecular formula is C33H23ClN2O4S. The second-order valence-corrected chi connectivity index (χ2v) is 12.1. The van der Waals surface area contributed by atoms with Crippen LogP contribution in [-0.4, -0.2) is 25.0 Å². The lowest BCUT2D eigenvalue weighted by atomic mass is 9.91. The predicted octanol–water partition coefficient (Wildman–Crippen LogP) is 6.74. The molecule has 1 aromatic heterocycles. The molecule has 5 aromatic rings. The van der Waals surface area contributed by atoms with E-state index in [4.69, 9.17) is 11.6 Å². The van der Waals surface area contributed by atoms with Crippen LogP contribution < -0.4 is 4.90 Å². The molecular weight excluding hydrogens is 556 g/mol. The number of nitrogens with zero attached hydrogens (tertiary/aromatic N) is 2. The predicted molar refractivity (Wildman–Crippen MR) is 160 cm³/mol. The van der Waals surface area contributed by atoms with Gasteiger partial charge in [0.05, 0.1) is 16.3 Å². The number of carbonyl (C=O) groups is 2. The van der Waals surface area contributed by atoms with Crippen molar-refractivity contribution in [3.05, 3.63) is 149 Å². The van der Waals surface area contributed by atoms with Crippen LogP contribution in [0.15, 0.2) is 131 Å². The third kappa shape index (κ3) is 5.17. The van der Waals surface area contributed by atoms with Crippen molar-refractivity contribution < 1.29 is 18.0 Å². The lowest BCUT2D eigenvalue weighted by Crippen LogP contribution is -2.33. The second kappa shape index (κ2) is 10.8. The van der Waals surface area contributed by atoms with E-state index in [1.165, 1.54) is 12.1 Å². The van der Waals surface area contributed by atoms with Crippen molar-refractivity contribution in [3.63, 3.8) is 0 Å². The van der Waals surface area contributed by atoms with Gasteiger partial charge in [-0.05, 0) is 58.8 Å². The van der Waals surface area contributed by atoms with Gasteiger partial charge in [-0.3, -0.25) is 14.6 Å². The number of carbonyl (C=O) groups excluding carboxylic acids is 2. The summed E-state index contributed by atoms with van der Waals surface area (Å²) >= 11 is 6.62. The molecule has 202 valence electrons. The van der Waals surface area contributed by atoms with Gasteiger partial charge < -0.3 is 4.90 Å². The first-order chi connectivity index (χ1) is 19.8. The quantitative estimate of drug-likeness (QED) is 0.212. The number of hydrogen-bond acceptors (Lipinski definition) is 6. The highest BCUT2D eigenvalue weighted by atomic mass is 35.5. The number of Topliss-reactive ketones (excluding diaryl/α,β-unsaturated/α-hetero) is 2. The largest absolute Gasteiger partial charge is 0.332 e. The Morgan fingerprint density at radius 2 is 1.37 bits per heavy atom. The van der Waals surface area contributed by atoms with Crippen molar-refractivity contribution in [1.29, 1.82) is 0 Å². The van der Waals surface area contributed by atoms with E-state index in [2.05, 4.69) is 4.98 Å². The minimum Gasteiger partial charge on any atom is -0.332 e. The zero-order chi connectivity index (χ0) is 28.6. The van der Waals surface area contributed by atoms with Crippen molar-refractivity contribution in [3.8, 4) is 0 Å². The molecule has 6 nitrogen and oxygen atoms in total. The summed E-state index contributed by atoms with van der Waals surface area (Å²) in [6.45, 7) is 0.220. The van der Waals surface area contributed by atoms with Crippen LogP contribution in [0.5, 0.6) is 0 Å². The smallest absolute Gasteiger partial charge is 0.211 e. The number of sulfone groups is 1. The molecule has 41 heavy (non-hydrogen) atoms. The van der Waals surface area contributed by atoms with Crippen LogP contribution in [-0.2, 0) is 22.1 Å². The van der Waals surface area contributed by atoms with Crippen molar-refractivity contribution >= 4 is 49.5 Å². The maximum atomic E-state index is 13.8. The average Bonchev–Trinajstić information content (AvgIpc) is 3.00. The summed E-state index contributed by atoms with van der Waals surface area (Å²) < 4.78 is 26.2. The molecule has 6 rings (SSSR count). The molecule has 0 N–H and O–H groups in total. The highest BCUT2D eigenvalue weighted by Crippen LogP contribution is 2.35. The molecule has 0 unspecified atom stereocenters. The van der Waals surface area contributed by atoms with Crippen LogP contribution in [0.4, 0.5) is 5.69 Å². The highest BCUT2D eigenvalue weighted by molar-refractivity contribution is 7.90. The van der Waals surface area contributed by atoms with E-state index in [1.54, 1.807) is 65.7 Å². The first-order valence-electron chi connectivity index (χ1n) is 12.9. The van der Waals surface area contributed by atoms with Crippen LogP contribution in [0.25, 0.3) is 10.8 Å². The number of anilines is 1. The molecule has 0 spiro atoms. The van der Waals surface area contributed by atoms with Gasteiger partial charge >= 0.3 is 0 Å². The fourth-order valence-corrected chi connectivity index (χ4v) is 6.55. The Balaban J connectivity index is 1.42. The summed E-state index contributed by atoms with van der Waals surface area (Å²) in [7, 11) is -3.67. The van der Waals surface area contributed by atoms with Gasteiger partial charge in [0.25, 0.3) is 0 Å². The maximum absolute atomic E-state index is 13.8. The number of hydrogen-bond donors (Lipinski definition) is 0. The molecule has 0 aliphatic heterocycles. The standard InChI is InChI=1S/C33H23ClN2O4S/c34-30-31(33(38)29-11-4-3-10-28(29)32(30)37)36(20-22-12-13-23-7-1-2-8-24(23)19-22)26-14-16-27(17-15-26)41(39,40)21-25-9-5-6-18-35-25/h1-19H,20-21H2. The van der Waals surface area contributed by atoms with Crippen LogP contribution in [0.2, 0.25) is 0 Å². The minimum atomic E-state index is -3.67. The average molecular weight is 579 g/mol. The SMILES string of the molecule is O=C1C(Cl)=C(N(Cc2ccc3ccccc3c2)c2ccc(S(=O)(=O)Cc3ccccn3)cc2)C(=O)c2ccccc21. The fourth-order valence-electron chi connectivity index (χ4n) is 4.99. The molecule has 0 bridgehead atoms. The van der Waals surface area contributed by atoms with E-state index in [9.17, 15) is 18.0 Å². The Morgan fingerprint density at radius 3 is 2.07 bits per heavy atom. The first-order valence-corrected chi connectivity index (χ1v) is 14.9. The van der Waals surface area contributed by atoms with Crippen LogP contribution in [0.1, 0.15) is 32.0 Å². The Kier molecular flexibility index (Phi) is 6.99. The van der Waals surface area contributed by atoms with Crippen LogP contribution in [0, 0.1) is 0 Å².